The van der Waals surface area contributed by atoms with E-state index in [1.807, 2.05) is 43.4 Å². The summed E-state index contributed by atoms with van der Waals surface area (Å²) in [4.78, 5) is 8.07. The van der Waals surface area contributed by atoms with Crippen LogP contribution in [0.3, 0.4) is 0 Å². The smallest absolute Gasteiger partial charge is 0.212 e. The summed E-state index contributed by atoms with van der Waals surface area (Å²) in [5, 5.41) is 15.3. The van der Waals surface area contributed by atoms with Crippen molar-refractivity contribution in [1.82, 2.24) is 10.3 Å². The highest BCUT2D eigenvalue weighted by Gasteiger charge is 2.12. The number of guanidine groups is 1. The van der Waals surface area contributed by atoms with Crippen molar-refractivity contribution in [2.24, 2.45) is 4.99 Å². The van der Waals surface area contributed by atoms with E-state index in [1.54, 1.807) is 6.20 Å². The molecule has 112 valence electrons. The maximum atomic E-state index is 8.91. The molecule has 0 spiro atoms. The molecule has 5 heteroatoms. The predicted octanol–water partition coefficient (Wildman–Crippen LogP) is 3.38. The topological polar surface area (TPSA) is 73.1 Å². The molecule has 0 unspecified atom stereocenters. The fourth-order valence-corrected chi connectivity index (χ4v) is 2.16. The molecule has 0 fully saturated rings. The van der Waals surface area contributed by atoms with E-state index in [2.05, 4.69) is 39.7 Å². The molecule has 1 aromatic heterocycles. The van der Waals surface area contributed by atoms with E-state index in [-0.39, 0.29) is 6.04 Å². The van der Waals surface area contributed by atoms with E-state index < -0.39 is 0 Å². The van der Waals surface area contributed by atoms with Crippen LogP contribution in [-0.2, 0) is 0 Å². The Labute approximate surface area is 130 Å². The van der Waals surface area contributed by atoms with Crippen molar-refractivity contribution in [2.45, 2.75) is 26.3 Å². The molecule has 2 rings (SSSR count). The Morgan fingerprint density at radius 3 is 2.68 bits per heavy atom. The second-order valence-electron chi connectivity index (χ2n) is 4.84. The third kappa shape index (κ3) is 4.06. The number of pyridine rings is 1. The highest BCUT2D eigenvalue weighted by Crippen LogP contribution is 2.17. The molecule has 5 nitrogen and oxygen atoms in total. The van der Waals surface area contributed by atoms with Gasteiger partial charge in [0.05, 0.1) is 17.4 Å². The molecular formula is C17H19N5. The molecule has 1 heterocycles. The Morgan fingerprint density at radius 2 is 2.05 bits per heavy atom. The van der Waals surface area contributed by atoms with E-state index >= 15 is 0 Å². The van der Waals surface area contributed by atoms with Gasteiger partial charge >= 0.3 is 0 Å². The second kappa shape index (κ2) is 7.79. The third-order valence-corrected chi connectivity index (χ3v) is 3.34. The minimum absolute atomic E-state index is 0.0813. The number of rotatable bonds is 4. The second-order valence-corrected chi connectivity index (χ2v) is 4.84. The van der Waals surface area contributed by atoms with Crippen molar-refractivity contribution in [3.05, 3.63) is 59.9 Å². The van der Waals surface area contributed by atoms with E-state index in [4.69, 9.17) is 5.26 Å². The van der Waals surface area contributed by atoms with E-state index in [0.717, 1.165) is 23.4 Å². The van der Waals surface area contributed by atoms with E-state index in [9.17, 15) is 0 Å². The van der Waals surface area contributed by atoms with Crippen LogP contribution in [0.25, 0.3) is 0 Å². The minimum Gasteiger partial charge on any atom is -0.348 e. The number of nitrogens with one attached hydrogen (secondary N) is 2. The molecule has 0 saturated heterocycles. The number of anilines is 1. The van der Waals surface area contributed by atoms with Gasteiger partial charge in [-0.2, -0.15) is 5.26 Å². The van der Waals surface area contributed by atoms with Gasteiger partial charge < -0.3 is 10.6 Å². The summed E-state index contributed by atoms with van der Waals surface area (Å²) in [6.45, 7) is 3.99. The van der Waals surface area contributed by atoms with Crippen LogP contribution in [-0.4, -0.2) is 10.9 Å². The SMILES string of the molecule is CC[C@@H](N/C(=N/C#N)Nc1cccnc1C)c1ccccc1. The first-order chi connectivity index (χ1) is 10.7. The predicted molar refractivity (Wildman–Crippen MR) is 88.3 cm³/mol. The summed E-state index contributed by atoms with van der Waals surface area (Å²) in [5.74, 6) is 0.425. The average molecular weight is 293 g/mol. The van der Waals surface area contributed by atoms with Gasteiger partial charge in [-0.15, -0.1) is 4.99 Å². The number of nitriles is 1. The maximum Gasteiger partial charge on any atom is 0.212 e. The van der Waals surface area contributed by atoms with Gasteiger partial charge in [-0.05, 0) is 31.0 Å². The van der Waals surface area contributed by atoms with Crippen molar-refractivity contribution in [3.63, 3.8) is 0 Å². The van der Waals surface area contributed by atoms with Crippen LogP contribution in [0.1, 0.15) is 30.6 Å². The van der Waals surface area contributed by atoms with Crippen LogP contribution < -0.4 is 10.6 Å². The molecule has 0 aliphatic rings. The van der Waals surface area contributed by atoms with Crippen LogP contribution in [0, 0.1) is 18.4 Å². The zero-order valence-corrected chi connectivity index (χ0v) is 12.7. The molecule has 2 aromatic rings. The van der Waals surface area contributed by atoms with Gasteiger partial charge in [0.15, 0.2) is 0 Å². The van der Waals surface area contributed by atoms with Gasteiger partial charge in [-0.25, -0.2) is 0 Å². The minimum atomic E-state index is 0.0813. The van der Waals surface area contributed by atoms with Crippen molar-refractivity contribution in [2.75, 3.05) is 5.32 Å². The molecule has 1 atom stereocenters. The van der Waals surface area contributed by atoms with Gasteiger partial charge in [0.1, 0.15) is 0 Å². The van der Waals surface area contributed by atoms with Crippen LogP contribution in [0.2, 0.25) is 0 Å². The number of benzene rings is 1. The summed E-state index contributed by atoms with van der Waals surface area (Å²) < 4.78 is 0. The Bertz CT molecular complexity index is 673. The van der Waals surface area contributed by atoms with Crippen molar-refractivity contribution in [3.8, 4) is 6.19 Å². The maximum absolute atomic E-state index is 8.91. The number of aliphatic imine (C=N–C) groups is 1. The highest BCUT2D eigenvalue weighted by molar-refractivity contribution is 5.94. The average Bonchev–Trinajstić information content (AvgIpc) is 2.55. The first-order valence-corrected chi connectivity index (χ1v) is 7.21. The summed E-state index contributed by atoms with van der Waals surface area (Å²) in [5.41, 5.74) is 2.83. The Kier molecular flexibility index (Phi) is 5.50. The molecule has 0 saturated carbocycles. The first-order valence-electron chi connectivity index (χ1n) is 7.21. The van der Waals surface area contributed by atoms with Gasteiger partial charge in [0.25, 0.3) is 0 Å². The Balaban J connectivity index is 2.17. The fourth-order valence-electron chi connectivity index (χ4n) is 2.16. The Hall–Kier alpha value is -2.87. The highest BCUT2D eigenvalue weighted by atomic mass is 15.2. The van der Waals surface area contributed by atoms with Crippen molar-refractivity contribution >= 4 is 11.6 Å². The quantitative estimate of drug-likeness (QED) is 0.515. The third-order valence-electron chi connectivity index (χ3n) is 3.34. The molecule has 22 heavy (non-hydrogen) atoms. The summed E-state index contributed by atoms with van der Waals surface area (Å²) in [6.07, 6.45) is 4.44. The lowest BCUT2D eigenvalue weighted by atomic mass is 10.1. The lowest BCUT2D eigenvalue weighted by molar-refractivity contribution is 0.624. The first kappa shape index (κ1) is 15.5. The van der Waals surface area contributed by atoms with Gasteiger partial charge in [0.2, 0.25) is 12.2 Å². The van der Waals surface area contributed by atoms with Crippen molar-refractivity contribution < 1.29 is 0 Å². The molecule has 0 bridgehead atoms. The number of hydrogen-bond donors (Lipinski definition) is 2. The molecule has 1 aromatic carbocycles. The molecule has 0 aliphatic carbocycles. The molecule has 0 amide bonds. The normalized spacial score (nSPS) is 12.3. The molecule has 0 aliphatic heterocycles. The largest absolute Gasteiger partial charge is 0.348 e. The lowest BCUT2D eigenvalue weighted by Gasteiger charge is -2.20. The number of nitrogens with zero attached hydrogens (tertiary/aromatic N) is 3. The monoisotopic (exact) mass is 293 g/mol. The van der Waals surface area contributed by atoms with Crippen LogP contribution in [0.4, 0.5) is 5.69 Å². The molecule has 0 radical (unpaired) electrons. The Morgan fingerprint density at radius 1 is 1.27 bits per heavy atom. The van der Waals surface area contributed by atoms with Gasteiger partial charge in [0, 0.05) is 6.20 Å². The summed E-state index contributed by atoms with van der Waals surface area (Å²) in [7, 11) is 0. The summed E-state index contributed by atoms with van der Waals surface area (Å²) >= 11 is 0. The number of aromatic nitrogens is 1. The standard InChI is InChI=1S/C17H19N5/c1-3-15(14-8-5-4-6-9-14)21-17(20-12-18)22-16-10-7-11-19-13(16)2/h4-11,15H,3H2,1-2H3,(H2,20,21,22)/t15-/m1/s1. The van der Waals surface area contributed by atoms with Crippen molar-refractivity contribution in [1.29, 1.82) is 5.26 Å². The molecular weight excluding hydrogens is 274 g/mol. The summed E-state index contributed by atoms with van der Waals surface area (Å²) in [6, 6.07) is 13.9. The van der Waals surface area contributed by atoms with E-state index in [1.165, 1.54) is 0 Å². The lowest BCUT2D eigenvalue weighted by Crippen LogP contribution is -2.34. The number of hydrogen-bond acceptors (Lipinski definition) is 3. The van der Waals surface area contributed by atoms with Crippen LogP contribution >= 0.6 is 0 Å². The molecule has 2 N–H and O–H groups in total. The van der Waals surface area contributed by atoms with Crippen LogP contribution in [0.5, 0.6) is 0 Å². The zero-order valence-electron chi connectivity index (χ0n) is 12.7. The van der Waals surface area contributed by atoms with Gasteiger partial charge in [-0.3, -0.25) is 4.98 Å². The van der Waals surface area contributed by atoms with Crippen LogP contribution in [0.15, 0.2) is 53.7 Å². The van der Waals surface area contributed by atoms with E-state index in [0.29, 0.717) is 5.96 Å². The fraction of sp³-hybridized carbons (Fsp3) is 0.235. The zero-order chi connectivity index (χ0) is 15.8. The van der Waals surface area contributed by atoms with Gasteiger partial charge in [-0.1, -0.05) is 37.3 Å². The number of aryl methyl sites for hydroxylation is 1.